The van der Waals surface area contributed by atoms with Gasteiger partial charge in [-0.15, -0.1) is 0 Å². The quantitative estimate of drug-likeness (QED) is 0.0372. The molecule has 0 heterocycles. The van der Waals surface area contributed by atoms with E-state index in [4.69, 9.17) is 4.74 Å². The lowest BCUT2D eigenvalue weighted by Crippen LogP contribution is -2.12. The molecule has 0 aromatic heterocycles. The zero-order valence-electron chi connectivity index (χ0n) is 33.2. The van der Waals surface area contributed by atoms with Gasteiger partial charge in [0.25, 0.3) is 0 Å². The number of esters is 1. The molecule has 0 atom stereocenters. The second-order valence-corrected chi connectivity index (χ2v) is 15.1. The van der Waals surface area contributed by atoms with Crippen LogP contribution in [0, 0.1) is 0 Å². The highest BCUT2D eigenvalue weighted by molar-refractivity contribution is 5.89. The number of rotatable bonds is 39. The molecule has 2 nitrogen and oxygen atoms in total. The minimum atomic E-state index is 0.0398. The monoisotopic (exact) mass is 661 g/mol. The Bertz CT molecular complexity index is 628. The predicted molar refractivity (Wildman–Crippen MR) is 212 cm³/mol. The van der Waals surface area contributed by atoms with Gasteiger partial charge in [0.1, 0.15) is 0 Å². The molecule has 0 aliphatic heterocycles. The number of allylic oxidation sites excluding steroid dienone is 1. The molecule has 0 aromatic rings. The molecule has 0 aliphatic carbocycles. The van der Waals surface area contributed by atoms with Crippen molar-refractivity contribution in [3.05, 3.63) is 11.1 Å². The first kappa shape index (κ1) is 46.2. The summed E-state index contributed by atoms with van der Waals surface area (Å²) in [6.45, 7) is 9.79. The van der Waals surface area contributed by atoms with Crippen molar-refractivity contribution >= 4 is 5.97 Å². The molecule has 0 saturated heterocycles. The Balaban J connectivity index is 5.05. The van der Waals surface area contributed by atoms with Gasteiger partial charge in [0.2, 0.25) is 0 Å². The minimum absolute atomic E-state index is 0.0398. The molecule has 0 N–H and O–H groups in total. The third-order valence-corrected chi connectivity index (χ3v) is 10.3. The van der Waals surface area contributed by atoms with E-state index in [0.717, 1.165) is 37.7 Å². The van der Waals surface area contributed by atoms with Gasteiger partial charge in [0.05, 0.1) is 6.61 Å². The molecule has 0 aliphatic rings. The van der Waals surface area contributed by atoms with Crippen LogP contribution in [-0.2, 0) is 9.53 Å². The van der Waals surface area contributed by atoms with Crippen LogP contribution >= 0.6 is 0 Å². The maximum Gasteiger partial charge on any atom is 0.333 e. The molecule has 47 heavy (non-hydrogen) atoms. The van der Waals surface area contributed by atoms with Crippen molar-refractivity contribution in [3.63, 3.8) is 0 Å². The molecule has 0 saturated carbocycles. The lowest BCUT2D eigenvalue weighted by atomic mass is 9.92. The van der Waals surface area contributed by atoms with E-state index in [-0.39, 0.29) is 5.97 Å². The first-order valence-corrected chi connectivity index (χ1v) is 22.1. The van der Waals surface area contributed by atoms with E-state index in [0.29, 0.717) is 6.61 Å². The Hall–Kier alpha value is -0.790. The van der Waals surface area contributed by atoms with Crippen LogP contribution in [0.15, 0.2) is 11.1 Å². The third kappa shape index (κ3) is 33.5. The lowest BCUT2D eigenvalue weighted by Gasteiger charge is -2.16. The SMILES string of the molecule is CCCCCCCCCCCCOC(=O)C(CCCCCCCCCC)=C(CCCCCCCCCC)CCCCCCCCCC. The largest absolute Gasteiger partial charge is 0.462 e. The van der Waals surface area contributed by atoms with Crippen molar-refractivity contribution in [2.24, 2.45) is 0 Å². The van der Waals surface area contributed by atoms with Crippen LogP contribution in [0.25, 0.3) is 0 Å². The van der Waals surface area contributed by atoms with Crippen molar-refractivity contribution < 1.29 is 9.53 Å². The Morgan fingerprint density at radius 2 is 0.574 bits per heavy atom. The van der Waals surface area contributed by atoms with Crippen molar-refractivity contribution in [1.82, 2.24) is 0 Å². The third-order valence-electron chi connectivity index (χ3n) is 10.3. The van der Waals surface area contributed by atoms with Crippen molar-refractivity contribution in [2.75, 3.05) is 6.61 Å². The number of unbranched alkanes of at least 4 members (excludes halogenated alkanes) is 30. The van der Waals surface area contributed by atoms with E-state index >= 15 is 0 Å². The fourth-order valence-corrected chi connectivity index (χ4v) is 7.07. The van der Waals surface area contributed by atoms with Gasteiger partial charge in [0.15, 0.2) is 0 Å². The van der Waals surface area contributed by atoms with E-state index in [1.807, 2.05) is 0 Å². The Labute approximate surface area is 297 Å². The molecule has 0 bridgehead atoms. The highest BCUT2D eigenvalue weighted by Gasteiger charge is 2.17. The first-order valence-electron chi connectivity index (χ1n) is 22.1. The molecule has 0 radical (unpaired) electrons. The molecule has 0 amide bonds. The Morgan fingerprint density at radius 1 is 0.319 bits per heavy atom. The summed E-state index contributed by atoms with van der Waals surface area (Å²) in [7, 11) is 0. The van der Waals surface area contributed by atoms with Crippen LogP contribution in [0.3, 0.4) is 0 Å². The fraction of sp³-hybridized carbons (Fsp3) is 0.933. The molecular weight excluding hydrogens is 572 g/mol. The van der Waals surface area contributed by atoms with Gasteiger partial charge < -0.3 is 4.74 Å². The normalized spacial score (nSPS) is 11.3. The summed E-state index contributed by atoms with van der Waals surface area (Å²) >= 11 is 0. The lowest BCUT2D eigenvalue weighted by molar-refractivity contribution is -0.139. The maximum atomic E-state index is 13.7. The Kier molecular flexibility index (Phi) is 39.0. The van der Waals surface area contributed by atoms with Crippen LogP contribution in [0.5, 0.6) is 0 Å². The van der Waals surface area contributed by atoms with Gasteiger partial charge in [-0.2, -0.15) is 0 Å². The molecule has 0 unspecified atom stereocenters. The number of ether oxygens (including phenoxy) is 1. The number of hydrogen-bond donors (Lipinski definition) is 0. The molecule has 0 rings (SSSR count). The van der Waals surface area contributed by atoms with E-state index in [1.54, 1.807) is 0 Å². The highest BCUT2D eigenvalue weighted by atomic mass is 16.5. The van der Waals surface area contributed by atoms with Crippen LogP contribution < -0.4 is 0 Å². The minimum Gasteiger partial charge on any atom is -0.462 e. The summed E-state index contributed by atoms with van der Waals surface area (Å²) in [5.74, 6) is 0.0398. The smallest absolute Gasteiger partial charge is 0.333 e. The van der Waals surface area contributed by atoms with Crippen molar-refractivity contribution in [1.29, 1.82) is 0 Å². The molecule has 0 fully saturated rings. The van der Waals surface area contributed by atoms with Gasteiger partial charge >= 0.3 is 5.97 Å². The average molecular weight is 661 g/mol. The first-order chi connectivity index (χ1) is 23.2. The van der Waals surface area contributed by atoms with Gasteiger partial charge in [-0.05, 0) is 44.9 Å². The van der Waals surface area contributed by atoms with Crippen molar-refractivity contribution in [3.8, 4) is 0 Å². The summed E-state index contributed by atoms with van der Waals surface area (Å²) in [5.41, 5.74) is 2.56. The topological polar surface area (TPSA) is 26.3 Å². The second kappa shape index (κ2) is 39.6. The molecule has 0 aromatic carbocycles. The highest BCUT2D eigenvalue weighted by Crippen LogP contribution is 2.27. The Morgan fingerprint density at radius 3 is 0.894 bits per heavy atom. The van der Waals surface area contributed by atoms with E-state index in [9.17, 15) is 4.79 Å². The van der Waals surface area contributed by atoms with E-state index in [1.165, 1.54) is 211 Å². The number of carbonyl (C=O) groups excluding carboxylic acids is 1. The van der Waals surface area contributed by atoms with Crippen LogP contribution in [0.1, 0.15) is 265 Å². The second-order valence-electron chi connectivity index (χ2n) is 15.1. The number of hydrogen-bond acceptors (Lipinski definition) is 2. The maximum absolute atomic E-state index is 13.7. The van der Waals surface area contributed by atoms with Gasteiger partial charge in [-0.25, -0.2) is 4.79 Å². The van der Waals surface area contributed by atoms with Gasteiger partial charge in [-0.3, -0.25) is 0 Å². The standard InChI is InChI=1S/C45H88O2/c1-5-9-13-17-21-25-26-30-34-38-42-47-45(46)44(41-37-33-29-24-20-16-12-8-4)43(39-35-31-27-22-18-14-10-6-2)40-36-32-28-23-19-15-11-7-3/h5-42H2,1-4H3. The number of carbonyl (C=O) groups is 1. The molecule has 2 heteroatoms. The zero-order valence-corrected chi connectivity index (χ0v) is 33.2. The molecule has 0 spiro atoms. The molecular formula is C45H88O2. The van der Waals surface area contributed by atoms with Gasteiger partial charge in [0, 0.05) is 5.57 Å². The average Bonchev–Trinajstić information content (AvgIpc) is 3.08. The van der Waals surface area contributed by atoms with E-state index < -0.39 is 0 Å². The van der Waals surface area contributed by atoms with Crippen molar-refractivity contribution in [2.45, 2.75) is 265 Å². The summed E-state index contributed by atoms with van der Waals surface area (Å²) in [5, 5.41) is 0. The van der Waals surface area contributed by atoms with Gasteiger partial charge in [-0.1, -0.05) is 226 Å². The predicted octanol–water partition coefficient (Wildman–Crippen LogP) is 16.3. The van der Waals surface area contributed by atoms with Crippen LogP contribution in [-0.4, -0.2) is 12.6 Å². The van der Waals surface area contributed by atoms with Crippen LogP contribution in [0.2, 0.25) is 0 Å². The summed E-state index contributed by atoms with van der Waals surface area (Å²) in [6, 6.07) is 0. The zero-order chi connectivity index (χ0) is 34.3. The molecule has 280 valence electrons. The van der Waals surface area contributed by atoms with E-state index in [2.05, 4.69) is 27.7 Å². The summed E-state index contributed by atoms with van der Waals surface area (Å²) < 4.78 is 6.05. The van der Waals surface area contributed by atoms with Crippen LogP contribution in [0.4, 0.5) is 0 Å². The summed E-state index contributed by atoms with van der Waals surface area (Å²) in [6.07, 6.45) is 48.4. The summed E-state index contributed by atoms with van der Waals surface area (Å²) in [4.78, 5) is 13.7. The fourth-order valence-electron chi connectivity index (χ4n) is 7.07.